The molecule has 0 spiro atoms. The number of rotatable bonds is 4. The van der Waals surface area contributed by atoms with Crippen molar-refractivity contribution in [2.24, 2.45) is 0 Å². The Hall–Kier alpha value is -4.13. The lowest BCUT2D eigenvalue weighted by atomic mass is 10.2. The molecule has 0 unspecified atom stereocenters. The van der Waals surface area contributed by atoms with Crippen LogP contribution in [0.3, 0.4) is 0 Å². The molecule has 7 heteroatoms. The molecule has 0 radical (unpaired) electrons. The molecule has 4 aromatic rings. The zero-order valence-corrected chi connectivity index (χ0v) is 15.0. The van der Waals surface area contributed by atoms with E-state index in [0.717, 1.165) is 5.56 Å². The van der Waals surface area contributed by atoms with Crippen molar-refractivity contribution in [3.8, 4) is 5.69 Å². The van der Waals surface area contributed by atoms with Gasteiger partial charge >= 0.3 is 0 Å². The molecule has 6 nitrogen and oxygen atoms in total. The van der Waals surface area contributed by atoms with E-state index in [-0.39, 0.29) is 17.1 Å². The number of hydrogen-bond acceptors (Lipinski definition) is 4. The molecule has 29 heavy (non-hydrogen) atoms. The summed E-state index contributed by atoms with van der Waals surface area (Å²) in [5.41, 5.74) is 1.37. The van der Waals surface area contributed by atoms with Gasteiger partial charge in [-0.15, -0.1) is 0 Å². The molecule has 142 valence electrons. The summed E-state index contributed by atoms with van der Waals surface area (Å²) in [7, 11) is 0. The predicted molar refractivity (Wildman–Crippen MR) is 109 cm³/mol. The van der Waals surface area contributed by atoms with E-state index in [1.54, 1.807) is 48.6 Å². The minimum Gasteiger partial charge on any atom is -0.268 e. The van der Waals surface area contributed by atoms with Crippen LogP contribution in [0.15, 0.2) is 77.6 Å². The molecule has 0 atom stereocenters. The first-order valence-electron chi connectivity index (χ1n) is 8.73. The van der Waals surface area contributed by atoms with Crippen molar-refractivity contribution in [2.45, 2.75) is 0 Å². The fraction of sp³-hybridized carbons (Fsp3) is 0. The Morgan fingerprint density at radius 1 is 0.931 bits per heavy atom. The van der Waals surface area contributed by atoms with Gasteiger partial charge in [-0.3, -0.25) is 19.5 Å². The van der Waals surface area contributed by atoms with Gasteiger partial charge in [-0.05, 0) is 48.0 Å². The Morgan fingerprint density at radius 2 is 1.62 bits per heavy atom. The number of para-hydroxylation sites is 1. The molecule has 3 aromatic carbocycles. The van der Waals surface area contributed by atoms with Gasteiger partial charge in [-0.2, -0.15) is 0 Å². The van der Waals surface area contributed by atoms with Crippen molar-refractivity contribution in [3.63, 3.8) is 0 Å². The first kappa shape index (κ1) is 18.2. The Morgan fingerprint density at radius 3 is 2.31 bits per heavy atom. The van der Waals surface area contributed by atoms with Crippen LogP contribution in [0.5, 0.6) is 0 Å². The standard InChI is InChI=1S/C22H14FN3O3/c23-16-8-5-15(6-9-16)7-14-21-24-20-4-2-1-3-19(20)22(27)25(21)17-10-12-18(13-11-17)26(28)29/h1-14H/b14-7+. The van der Waals surface area contributed by atoms with Gasteiger partial charge in [0.05, 0.1) is 21.5 Å². The van der Waals surface area contributed by atoms with E-state index in [0.29, 0.717) is 22.4 Å². The summed E-state index contributed by atoms with van der Waals surface area (Å²) < 4.78 is 14.5. The van der Waals surface area contributed by atoms with E-state index < -0.39 is 4.92 Å². The second-order valence-corrected chi connectivity index (χ2v) is 6.29. The lowest BCUT2D eigenvalue weighted by molar-refractivity contribution is -0.384. The zero-order chi connectivity index (χ0) is 20.4. The lowest BCUT2D eigenvalue weighted by Gasteiger charge is -2.11. The first-order chi connectivity index (χ1) is 14.0. The summed E-state index contributed by atoms with van der Waals surface area (Å²) in [6, 6.07) is 18.6. The third-order valence-corrected chi connectivity index (χ3v) is 4.42. The van der Waals surface area contributed by atoms with Crippen molar-refractivity contribution in [1.29, 1.82) is 0 Å². The molecule has 1 heterocycles. The van der Waals surface area contributed by atoms with Crippen LogP contribution >= 0.6 is 0 Å². The Labute approximate surface area is 164 Å². The average molecular weight is 387 g/mol. The molecule has 0 bridgehead atoms. The fourth-order valence-corrected chi connectivity index (χ4v) is 2.98. The van der Waals surface area contributed by atoms with Gasteiger partial charge < -0.3 is 0 Å². The molecule has 0 amide bonds. The van der Waals surface area contributed by atoms with Crippen molar-refractivity contribution >= 4 is 28.7 Å². The second-order valence-electron chi connectivity index (χ2n) is 6.29. The summed E-state index contributed by atoms with van der Waals surface area (Å²) in [5.74, 6) is 0.0145. The maximum Gasteiger partial charge on any atom is 0.269 e. The van der Waals surface area contributed by atoms with Crippen LogP contribution < -0.4 is 5.56 Å². The van der Waals surface area contributed by atoms with Gasteiger partial charge in [0.2, 0.25) is 0 Å². The normalized spacial score (nSPS) is 11.2. The summed E-state index contributed by atoms with van der Waals surface area (Å²) in [5, 5.41) is 11.4. The number of nitro groups is 1. The van der Waals surface area contributed by atoms with Crippen molar-refractivity contribution in [1.82, 2.24) is 9.55 Å². The summed E-state index contributed by atoms with van der Waals surface area (Å²) >= 11 is 0. The molecule has 0 fully saturated rings. The highest BCUT2D eigenvalue weighted by molar-refractivity contribution is 5.80. The largest absolute Gasteiger partial charge is 0.269 e. The van der Waals surface area contributed by atoms with E-state index in [1.807, 2.05) is 0 Å². The highest BCUT2D eigenvalue weighted by atomic mass is 19.1. The number of benzene rings is 3. The SMILES string of the molecule is O=c1c2ccccc2nc(/C=C/c2ccc(F)cc2)n1-c1ccc([N+](=O)[O-])cc1. The molecular weight excluding hydrogens is 373 g/mol. The maximum atomic E-state index is 13.1. The number of hydrogen-bond donors (Lipinski definition) is 0. The summed E-state index contributed by atoms with van der Waals surface area (Å²) in [4.78, 5) is 28.1. The van der Waals surface area contributed by atoms with Gasteiger partial charge in [0.25, 0.3) is 11.2 Å². The topological polar surface area (TPSA) is 78.0 Å². The lowest BCUT2D eigenvalue weighted by Crippen LogP contribution is -2.22. The van der Waals surface area contributed by atoms with Crippen LogP contribution in [0.1, 0.15) is 11.4 Å². The Bertz CT molecular complexity index is 1290. The number of non-ortho nitro benzene ring substituents is 1. The third kappa shape index (κ3) is 3.66. The Balaban J connectivity index is 1.89. The van der Waals surface area contributed by atoms with E-state index in [1.165, 1.54) is 41.0 Å². The fourth-order valence-electron chi connectivity index (χ4n) is 2.98. The van der Waals surface area contributed by atoms with Crippen LogP contribution in [0.4, 0.5) is 10.1 Å². The van der Waals surface area contributed by atoms with Crippen molar-refractivity contribution < 1.29 is 9.31 Å². The van der Waals surface area contributed by atoms with Crippen LogP contribution in [0.2, 0.25) is 0 Å². The zero-order valence-electron chi connectivity index (χ0n) is 15.0. The maximum absolute atomic E-state index is 13.1. The van der Waals surface area contributed by atoms with Gasteiger partial charge in [-0.1, -0.05) is 30.3 Å². The summed E-state index contributed by atoms with van der Waals surface area (Å²) in [6.07, 6.45) is 3.38. The van der Waals surface area contributed by atoms with Crippen LogP contribution in [-0.2, 0) is 0 Å². The molecule has 0 aliphatic heterocycles. The van der Waals surface area contributed by atoms with Crippen LogP contribution in [0.25, 0.3) is 28.7 Å². The average Bonchev–Trinajstić information content (AvgIpc) is 2.73. The van der Waals surface area contributed by atoms with Crippen LogP contribution in [-0.4, -0.2) is 14.5 Å². The summed E-state index contributed by atoms with van der Waals surface area (Å²) in [6.45, 7) is 0. The Kier molecular flexibility index (Phi) is 4.70. The van der Waals surface area contributed by atoms with Crippen molar-refractivity contribution in [2.75, 3.05) is 0 Å². The molecule has 0 aliphatic rings. The molecule has 4 rings (SSSR count). The van der Waals surface area contributed by atoms with Gasteiger partial charge in [0.15, 0.2) is 0 Å². The third-order valence-electron chi connectivity index (χ3n) is 4.42. The number of aromatic nitrogens is 2. The van der Waals surface area contributed by atoms with Gasteiger partial charge in [0, 0.05) is 12.1 Å². The van der Waals surface area contributed by atoms with E-state index in [4.69, 9.17) is 0 Å². The highest BCUT2D eigenvalue weighted by Crippen LogP contribution is 2.18. The molecule has 0 N–H and O–H groups in total. The number of nitro benzene ring substituents is 1. The monoisotopic (exact) mass is 387 g/mol. The number of nitrogens with zero attached hydrogens (tertiary/aromatic N) is 3. The quantitative estimate of drug-likeness (QED) is 0.379. The minimum atomic E-state index is -0.499. The van der Waals surface area contributed by atoms with Crippen molar-refractivity contribution in [3.05, 3.63) is 110 Å². The molecule has 1 aromatic heterocycles. The first-order valence-corrected chi connectivity index (χ1v) is 8.73. The van der Waals surface area contributed by atoms with E-state index in [2.05, 4.69) is 4.98 Å². The van der Waals surface area contributed by atoms with Gasteiger partial charge in [0.1, 0.15) is 11.6 Å². The smallest absolute Gasteiger partial charge is 0.268 e. The predicted octanol–water partition coefficient (Wildman–Crippen LogP) is 4.60. The number of fused-ring (bicyclic) bond motifs is 1. The molecule has 0 aliphatic carbocycles. The molecule has 0 saturated heterocycles. The number of halogens is 1. The highest BCUT2D eigenvalue weighted by Gasteiger charge is 2.12. The molecular formula is C22H14FN3O3. The minimum absolute atomic E-state index is 0.0704. The second kappa shape index (κ2) is 7.47. The van der Waals surface area contributed by atoms with Crippen LogP contribution in [0, 0.1) is 15.9 Å². The van der Waals surface area contributed by atoms with E-state index >= 15 is 0 Å². The molecule has 0 saturated carbocycles. The van der Waals surface area contributed by atoms with Gasteiger partial charge in [-0.25, -0.2) is 9.37 Å². The van der Waals surface area contributed by atoms with E-state index in [9.17, 15) is 19.3 Å².